The Morgan fingerprint density at radius 2 is 2.15 bits per heavy atom. The lowest BCUT2D eigenvalue weighted by molar-refractivity contribution is 0.145. The van der Waals surface area contributed by atoms with E-state index < -0.39 is 6.43 Å². The summed E-state index contributed by atoms with van der Waals surface area (Å²) >= 11 is 1.66. The van der Waals surface area contributed by atoms with Crippen LogP contribution < -0.4 is 5.32 Å². The van der Waals surface area contributed by atoms with E-state index in [0.717, 1.165) is 5.56 Å². The lowest BCUT2D eigenvalue weighted by atomic mass is 10.2. The molecule has 1 N–H and O–H groups in total. The molecule has 0 aliphatic rings. The molecule has 1 nitrogen and oxygen atoms in total. The molecule has 1 heterocycles. The molecule has 0 amide bonds. The maximum atomic E-state index is 11.8. The second-order valence-electron chi connectivity index (χ2n) is 2.96. The van der Waals surface area contributed by atoms with Crippen LogP contribution in [-0.2, 0) is 6.54 Å². The Kier molecular flexibility index (Phi) is 3.81. The molecule has 4 heteroatoms. The molecule has 0 aliphatic carbocycles. The summed E-state index contributed by atoms with van der Waals surface area (Å²) in [6.07, 6.45) is -2.26. The van der Waals surface area contributed by atoms with Gasteiger partial charge in [-0.05, 0) is 30.4 Å². The Bertz CT molecular complexity index is 271. The van der Waals surface area contributed by atoms with Gasteiger partial charge in [0.05, 0.1) is 6.54 Å². The van der Waals surface area contributed by atoms with Crippen LogP contribution in [0.3, 0.4) is 0 Å². The van der Waals surface area contributed by atoms with Gasteiger partial charge < -0.3 is 5.32 Å². The molecule has 0 unspecified atom stereocenters. The summed E-state index contributed by atoms with van der Waals surface area (Å²) < 4.78 is 23.6. The van der Waals surface area contributed by atoms with Crippen LogP contribution in [0.2, 0.25) is 0 Å². The minimum atomic E-state index is -2.26. The van der Waals surface area contributed by atoms with E-state index in [1.54, 1.807) is 11.3 Å². The summed E-state index contributed by atoms with van der Waals surface area (Å²) in [4.78, 5) is 1.26. The normalized spacial score (nSPS) is 11.2. The molecule has 1 aromatic heterocycles. The Morgan fingerprint density at radius 1 is 1.46 bits per heavy atom. The predicted octanol–water partition coefficient (Wildman–Crippen LogP) is 2.72. The van der Waals surface area contributed by atoms with E-state index in [0.29, 0.717) is 6.54 Å². The molecule has 0 saturated carbocycles. The van der Waals surface area contributed by atoms with Gasteiger partial charge in [-0.25, -0.2) is 8.78 Å². The maximum Gasteiger partial charge on any atom is 0.250 e. The summed E-state index contributed by atoms with van der Waals surface area (Å²) in [5.41, 5.74) is 2.34. The van der Waals surface area contributed by atoms with Crippen molar-refractivity contribution in [1.82, 2.24) is 5.32 Å². The van der Waals surface area contributed by atoms with Crippen molar-refractivity contribution < 1.29 is 8.78 Å². The molecule has 1 aromatic rings. The average Bonchev–Trinajstić information content (AvgIpc) is 2.35. The SMILES string of the molecule is Cc1scc(CNCC(F)F)c1C. The van der Waals surface area contributed by atoms with Crippen LogP contribution in [-0.4, -0.2) is 13.0 Å². The third-order valence-electron chi connectivity index (χ3n) is 2.00. The van der Waals surface area contributed by atoms with E-state index in [2.05, 4.69) is 5.32 Å². The zero-order valence-electron chi connectivity index (χ0n) is 7.73. The fraction of sp³-hybridized carbons (Fsp3) is 0.556. The predicted molar refractivity (Wildman–Crippen MR) is 51.5 cm³/mol. The van der Waals surface area contributed by atoms with E-state index in [-0.39, 0.29) is 6.54 Å². The summed E-state index contributed by atoms with van der Waals surface area (Å²) in [7, 11) is 0. The maximum absolute atomic E-state index is 11.8. The van der Waals surface area contributed by atoms with Crippen LogP contribution in [0.4, 0.5) is 8.78 Å². The van der Waals surface area contributed by atoms with Crippen molar-refractivity contribution in [1.29, 1.82) is 0 Å². The van der Waals surface area contributed by atoms with Gasteiger partial charge in [0.15, 0.2) is 0 Å². The van der Waals surface area contributed by atoms with Crippen molar-refractivity contribution in [2.24, 2.45) is 0 Å². The smallest absolute Gasteiger partial charge is 0.250 e. The van der Waals surface area contributed by atoms with E-state index in [1.165, 1.54) is 10.4 Å². The fourth-order valence-electron chi connectivity index (χ4n) is 1.05. The molecular formula is C9H13F2NS. The van der Waals surface area contributed by atoms with Crippen LogP contribution in [0.15, 0.2) is 5.38 Å². The Labute approximate surface area is 80.8 Å². The summed E-state index contributed by atoms with van der Waals surface area (Å²) in [5.74, 6) is 0. The Hall–Kier alpha value is -0.480. The minimum absolute atomic E-state index is 0.228. The Morgan fingerprint density at radius 3 is 2.62 bits per heavy atom. The molecule has 0 fully saturated rings. The van der Waals surface area contributed by atoms with Gasteiger partial charge in [-0.1, -0.05) is 0 Å². The number of hydrogen-bond acceptors (Lipinski definition) is 2. The average molecular weight is 205 g/mol. The number of aryl methyl sites for hydroxylation is 1. The highest BCUT2D eigenvalue weighted by Gasteiger charge is 2.05. The highest BCUT2D eigenvalue weighted by atomic mass is 32.1. The van der Waals surface area contributed by atoms with Crippen molar-refractivity contribution in [2.45, 2.75) is 26.8 Å². The zero-order chi connectivity index (χ0) is 9.84. The number of rotatable bonds is 4. The second-order valence-corrected chi connectivity index (χ2v) is 4.05. The molecule has 13 heavy (non-hydrogen) atoms. The largest absolute Gasteiger partial charge is 0.307 e. The second kappa shape index (κ2) is 4.67. The molecule has 74 valence electrons. The van der Waals surface area contributed by atoms with Gasteiger partial charge in [-0.3, -0.25) is 0 Å². The minimum Gasteiger partial charge on any atom is -0.307 e. The number of alkyl halides is 2. The van der Waals surface area contributed by atoms with E-state index in [9.17, 15) is 8.78 Å². The standard InChI is InChI=1S/C9H13F2NS/c1-6-7(2)13-5-8(6)3-12-4-9(10)11/h5,9,12H,3-4H2,1-2H3. The van der Waals surface area contributed by atoms with Crippen molar-refractivity contribution in [3.05, 3.63) is 21.4 Å². The number of hydrogen-bond donors (Lipinski definition) is 1. The van der Waals surface area contributed by atoms with Crippen molar-refractivity contribution in [2.75, 3.05) is 6.54 Å². The van der Waals surface area contributed by atoms with Gasteiger partial charge in [0, 0.05) is 11.4 Å². The van der Waals surface area contributed by atoms with E-state index in [1.807, 2.05) is 19.2 Å². The van der Waals surface area contributed by atoms with Crippen LogP contribution in [0, 0.1) is 13.8 Å². The van der Waals surface area contributed by atoms with Gasteiger partial charge in [0.2, 0.25) is 0 Å². The van der Waals surface area contributed by atoms with E-state index in [4.69, 9.17) is 0 Å². The molecule has 0 aliphatic heterocycles. The first-order valence-corrected chi connectivity index (χ1v) is 5.01. The van der Waals surface area contributed by atoms with Crippen molar-refractivity contribution in [3.63, 3.8) is 0 Å². The van der Waals surface area contributed by atoms with Crippen molar-refractivity contribution in [3.8, 4) is 0 Å². The molecule has 1 rings (SSSR count). The lowest BCUT2D eigenvalue weighted by Crippen LogP contribution is -2.20. The molecule has 0 radical (unpaired) electrons. The summed E-state index contributed by atoms with van der Waals surface area (Å²) in [5, 5.41) is 4.73. The molecular weight excluding hydrogens is 192 g/mol. The van der Waals surface area contributed by atoms with Crippen LogP contribution in [0.5, 0.6) is 0 Å². The third-order valence-corrected chi connectivity index (χ3v) is 3.06. The van der Waals surface area contributed by atoms with Crippen molar-refractivity contribution >= 4 is 11.3 Å². The van der Waals surface area contributed by atoms with Gasteiger partial charge in [0.25, 0.3) is 6.43 Å². The first-order chi connectivity index (χ1) is 6.11. The molecule has 0 atom stereocenters. The number of thiophene rings is 1. The number of halogens is 2. The van der Waals surface area contributed by atoms with Crippen LogP contribution in [0.25, 0.3) is 0 Å². The molecule has 0 saturated heterocycles. The molecule has 0 spiro atoms. The van der Waals surface area contributed by atoms with Gasteiger partial charge in [0.1, 0.15) is 0 Å². The lowest BCUT2D eigenvalue weighted by Gasteiger charge is -2.03. The quantitative estimate of drug-likeness (QED) is 0.797. The Balaban J connectivity index is 2.41. The fourth-order valence-corrected chi connectivity index (χ4v) is 1.94. The topological polar surface area (TPSA) is 12.0 Å². The number of nitrogens with one attached hydrogen (secondary N) is 1. The third kappa shape index (κ3) is 3.04. The summed E-state index contributed by atoms with van der Waals surface area (Å²) in [6, 6.07) is 0. The molecule has 0 bridgehead atoms. The van der Waals surface area contributed by atoms with Gasteiger partial charge >= 0.3 is 0 Å². The zero-order valence-corrected chi connectivity index (χ0v) is 8.55. The van der Waals surface area contributed by atoms with Crippen LogP contribution in [0.1, 0.15) is 16.0 Å². The molecule has 0 aromatic carbocycles. The van der Waals surface area contributed by atoms with E-state index >= 15 is 0 Å². The first kappa shape index (κ1) is 10.6. The van der Waals surface area contributed by atoms with Gasteiger partial charge in [-0.15, -0.1) is 11.3 Å². The highest BCUT2D eigenvalue weighted by Crippen LogP contribution is 2.20. The van der Waals surface area contributed by atoms with Crippen LogP contribution >= 0.6 is 11.3 Å². The van der Waals surface area contributed by atoms with Gasteiger partial charge in [-0.2, -0.15) is 0 Å². The highest BCUT2D eigenvalue weighted by molar-refractivity contribution is 7.10. The monoisotopic (exact) mass is 205 g/mol. The first-order valence-electron chi connectivity index (χ1n) is 4.13. The summed E-state index contributed by atoms with van der Waals surface area (Å²) in [6.45, 7) is 4.37.